The van der Waals surface area contributed by atoms with Gasteiger partial charge in [-0.25, -0.2) is 0 Å². The van der Waals surface area contributed by atoms with Crippen LogP contribution in [0.15, 0.2) is 0 Å². The average Bonchev–Trinajstić information content (AvgIpc) is 3.17. The monoisotopic (exact) mass is 291 g/mol. The van der Waals surface area contributed by atoms with Gasteiger partial charge in [0.2, 0.25) is 0 Å². The second kappa shape index (κ2) is 6.52. The average molecular weight is 291 g/mol. The van der Waals surface area contributed by atoms with Gasteiger partial charge in [-0.1, -0.05) is 6.92 Å². The van der Waals surface area contributed by atoms with Crippen molar-refractivity contribution in [3.8, 4) is 0 Å². The largest absolute Gasteiger partial charge is 0.314 e. The summed E-state index contributed by atoms with van der Waals surface area (Å²) >= 11 is 0. The van der Waals surface area contributed by atoms with E-state index in [1.54, 1.807) is 14.1 Å². The van der Waals surface area contributed by atoms with Crippen LogP contribution in [0, 0.1) is 0 Å². The second-order valence-electron chi connectivity index (χ2n) is 6.04. The standard InChI is InChI=1S/C13H29N3O2S/c1-6-13(2,3)16(5)19(17,18)15(4)11-7-10-14-12-8-9-12/h12,14H,6-11H2,1-5H3. The zero-order valence-electron chi connectivity index (χ0n) is 12.9. The minimum Gasteiger partial charge on any atom is -0.314 e. The normalized spacial score (nSPS) is 17.4. The van der Waals surface area contributed by atoms with Gasteiger partial charge in [0.05, 0.1) is 0 Å². The van der Waals surface area contributed by atoms with E-state index < -0.39 is 10.2 Å². The summed E-state index contributed by atoms with van der Waals surface area (Å²) in [6, 6.07) is 0.684. The summed E-state index contributed by atoms with van der Waals surface area (Å²) in [5.74, 6) is 0. The molecule has 0 saturated heterocycles. The molecule has 114 valence electrons. The van der Waals surface area contributed by atoms with E-state index in [1.807, 2.05) is 20.8 Å². The Hall–Kier alpha value is -0.170. The Morgan fingerprint density at radius 1 is 1.26 bits per heavy atom. The fourth-order valence-electron chi connectivity index (χ4n) is 1.75. The first-order valence-corrected chi connectivity index (χ1v) is 8.55. The molecule has 0 aromatic carbocycles. The Labute approximate surface area is 118 Å². The van der Waals surface area contributed by atoms with Crippen LogP contribution in [0.3, 0.4) is 0 Å². The third-order valence-electron chi connectivity index (χ3n) is 4.12. The Morgan fingerprint density at radius 2 is 1.84 bits per heavy atom. The van der Waals surface area contributed by atoms with Gasteiger partial charge in [-0.2, -0.15) is 17.0 Å². The number of hydrogen-bond donors (Lipinski definition) is 1. The zero-order valence-corrected chi connectivity index (χ0v) is 13.8. The Kier molecular flexibility index (Phi) is 5.79. The molecule has 0 aromatic heterocycles. The molecule has 0 amide bonds. The van der Waals surface area contributed by atoms with Crippen LogP contribution in [-0.4, -0.2) is 55.8 Å². The smallest absolute Gasteiger partial charge is 0.281 e. The predicted octanol–water partition coefficient (Wildman–Crippen LogP) is 1.43. The molecule has 1 saturated carbocycles. The maximum absolute atomic E-state index is 12.4. The van der Waals surface area contributed by atoms with E-state index in [9.17, 15) is 8.42 Å². The highest BCUT2D eigenvalue weighted by Gasteiger charge is 2.33. The molecular weight excluding hydrogens is 262 g/mol. The molecule has 5 nitrogen and oxygen atoms in total. The molecule has 19 heavy (non-hydrogen) atoms. The topological polar surface area (TPSA) is 52.7 Å². The van der Waals surface area contributed by atoms with Gasteiger partial charge in [-0.15, -0.1) is 0 Å². The minimum atomic E-state index is -3.35. The Morgan fingerprint density at radius 3 is 2.32 bits per heavy atom. The molecule has 1 rings (SSSR count). The summed E-state index contributed by atoms with van der Waals surface area (Å²) in [5.41, 5.74) is -0.348. The molecule has 0 aliphatic heterocycles. The third kappa shape index (κ3) is 4.70. The molecule has 0 spiro atoms. The summed E-state index contributed by atoms with van der Waals surface area (Å²) in [6.07, 6.45) is 4.18. The summed E-state index contributed by atoms with van der Waals surface area (Å²) < 4.78 is 27.8. The first-order valence-electron chi connectivity index (χ1n) is 7.15. The summed E-state index contributed by atoms with van der Waals surface area (Å²) in [5, 5.41) is 3.40. The van der Waals surface area contributed by atoms with Crippen molar-refractivity contribution in [1.82, 2.24) is 13.9 Å². The van der Waals surface area contributed by atoms with E-state index in [2.05, 4.69) is 5.32 Å². The van der Waals surface area contributed by atoms with Crippen molar-refractivity contribution in [3.05, 3.63) is 0 Å². The van der Waals surface area contributed by atoms with Crippen molar-refractivity contribution < 1.29 is 8.42 Å². The molecule has 0 aromatic rings. The lowest BCUT2D eigenvalue weighted by molar-refractivity contribution is 0.239. The summed E-state index contributed by atoms with van der Waals surface area (Å²) in [4.78, 5) is 0. The number of nitrogens with one attached hydrogen (secondary N) is 1. The molecule has 1 aliphatic rings. The number of nitrogens with zero attached hydrogens (tertiary/aromatic N) is 2. The van der Waals surface area contributed by atoms with Gasteiger partial charge in [0.25, 0.3) is 10.2 Å². The van der Waals surface area contributed by atoms with Gasteiger partial charge in [0.15, 0.2) is 0 Å². The van der Waals surface area contributed by atoms with Crippen molar-refractivity contribution in [1.29, 1.82) is 0 Å². The lowest BCUT2D eigenvalue weighted by Crippen LogP contribution is -2.50. The molecule has 1 aliphatic carbocycles. The highest BCUT2D eigenvalue weighted by atomic mass is 32.2. The zero-order chi connectivity index (χ0) is 14.7. The van der Waals surface area contributed by atoms with Crippen molar-refractivity contribution in [2.45, 2.75) is 58.0 Å². The van der Waals surface area contributed by atoms with Crippen LogP contribution in [0.1, 0.15) is 46.5 Å². The quantitative estimate of drug-likeness (QED) is 0.654. The van der Waals surface area contributed by atoms with Gasteiger partial charge in [0.1, 0.15) is 0 Å². The van der Waals surface area contributed by atoms with Gasteiger partial charge in [-0.3, -0.25) is 0 Å². The maximum Gasteiger partial charge on any atom is 0.281 e. The molecule has 0 heterocycles. The molecule has 0 bridgehead atoms. The van der Waals surface area contributed by atoms with Gasteiger partial charge in [-0.05, 0) is 46.1 Å². The fraction of sp³-hybridized carbons (Fsp3) is 1.00. The highest BCUT2D eigenvalue weighted by Crippen LogP contribution is 2.22. The van der Waals surface area contributed by atoms with Crippen LogP contribution in [-0.2, 0) is 10.2 Å². The van der Waals surface area contributed by atoms with Crippen molar-refractivity contribution in [2.75, 3.05) is 27.2 Å². The van der Waals surface area contributed by atoms with Crippen LogP contribution in [0.2, 0.25) is 0 Å². The molecular formula is C13H29N3O2S. The molecule has 0 unspecified atom stereocenters. The predicted molar refractivity (Wildman–Crippen MR) is 79.3 cm³/mol. The molecule has 0 atom stereocenters. The fourth-order valence-corrected chi connectivity index (χ4v) is 3.29. The Bertz CT molecular complexity index is 377. The highest BCUT2D eigenvalue weighted by molar-refractivity contribution is 7.86. The van der Waals surface area contributed by atoms with Crippen LogP contribution in [0.25, 0.3) is 0 Å². The second-order valence-corrected chi connectivity index (χ2v) is 8.11. The minimum absolute atomic E-state index is 0.348. The van der Waals surface area contributed by atoms with E-state index in [0.717, 1.165) is 19.4 Å². The lowest BCUT2D eigenvalue weighted by Gasteiger charge is -2.36. The van der Waals surface area contributed by atoms with Crippen molar-refractivity contribution in [3.63, 3.8) is 0 Å². The van der Waals surface area contributed by atoms with E-state index in [4.69, 9.17) is 0 Å². The number of hydrogen-bond acceptors (Lipinski definition) is 3. The van der Waals surface area contributed by atoms with Gasteiger partial charge in [0, 0.05) is 32.2 Å². The first-order chi connectivity index (χ1) is 8.71. The molecule has 1 fully saturated rings. The van der Waals surface area contributed by atoms with E-state index in [-0.39, 0.29) is 5.54 Å². The van der Waals surface area contributed by atoms with Crippen LogP contribution in [0.4, 0.5) is 0 Å². The third-order valence-corrected chi connectivity index (χ3v) is 6.27. The first kappa shape index (κ1) is 16.9. The Balaban J connectivity index is 2.45. The van der Waals surface area contributed by atoms with Crippen LogP contribution in [0.5, 0.6) is 0 Å². The van der Waals surface area contributed by atoms with Gasteiger partial charge < -0.3 is 5.32 Å². The van der Waals surface area contributed by atoms with Crippen molar-refractivity contribution in [2.24, 2.45) is 0 Å². The molecule has 6 heteroatoms. The molecule has 1 N–H and O–H groups in total. The van der Waals surface area contributed by atoms with Crippen LogP contribution >= 0.6 is 0 Å². The van der Waals surface area contributed by atoms with Gasteiger partial charge >= 0.3 is 0 Å². The lowest BCUT2D eigenvalue weighted by atomic mass is 10.0. The summed E-state index contributed by atoms with van der Waals surface area (Å²) in [6.45, 7) is 7.36. The maximum atomic E-state index is 12.4. The van der Waals surface area contributed by atoms with E-state index >= 15 is 0 Å². The number of rotatable bonds is 9. The SMILES string of the molecule is CCC(C)(C)N(C)S(=O)(=O)N(C)CCCNC1CC1. The van der Waals surface area contributed by atoms with Crippen LogP contribution < -0.4 is 5.32 Å². The van der Waals surface area contributed by atoms with E-state index in [1.165, 1.54) is 21.5 Å². The van der Waals surface area contributed by atoms with E-state index in [0.29, 0.717) is 12.6 Å². The van der Waals surface area contributed by atoms with Crippen molar-refractivity contribution >= 4 is 10.2 Å². The molecule has 0 radical (unpaired) electrons. The summed E-state index contributed by atoms with van der Waals surface area (Å²) in [7, 11) is -0.0291.